The van der Waals surface area contributed by atoms with Crippen LogP contribution in [-0.4, -0.2) is 52.7 Å². The smallest absolute Gasteiger partial charge is 0.230 e. The van der Waals surface area contributed by atoms with Crippen molar-refractivity contribution in [3.05, 3.63) is 30.1 Å². The van der Waals surface area contributed by atoms with E-state index in [2.05, 4.69) is 16.8 Å². The molecule has 2 rings (SSSR count). The van der Waals surface area contributed by atoms with Gasteiger partial charge in [-0.05, 0) is 31.5 Å². The fourth-order valence-electron chi connectivity index (χ4n) is 2.54. The molecule has 0 aliphatic carbocycles. The first-order valence-corrected chi connectivity index (χ1v) is 6.99. The summed E-state index contributed by atoms with van der Waals surface area (Å²) in [5.41, 5.74) is 1.24. The number of carbonyl (C=O) groups excluding carboxylic acids is 2. The average Bonchev–Trinajstić information content (AvgIpc) is 2.47. The summed E-state index contributed by atoms with van der Waals surface area (Å²) in [5.74, 6) is -0.115. The molecular formula is C15H21N3O2. The highest BCUT2D eigenvalue weighted by Gasteiger charge is 2.24. The molecule has 0 aromatic carbocycles. The summed E-state index contributed by atoms with van der Waals surface area (Å²) in [6.07, 6.45) is 3.64. The minimum absolute atomic E-state index is 0.0277. The summed E-state index contributed by atoms with van der Waals surface area (Å²) >= 11 is 0. The number of nitrogens with zero attached hydrogens (tertiary/aromatic N) is 3. The normalized spacial score (nSPS) is 17.8. The highest BCUT2D eigenvalue weighted by molar-refractivity contribution is 5.96. The molecule has 108 valence electrons. The number of amides is 1. The lowest BCUT2D eigenvalue weighted by molar-refractivity contribution is -0.136. The van der Waals surface area contributed by atoms with Gasteiger partial charge in [-0.3, -0.25) is 19.5 Å². The molecule has 0 spiro atoms. The zero-order chi connectivity index (χ0) is 14.5. The number of pyridine rings is 1. The zero-order valence-corrected chi connectivity index (χ0v) is 12.1. The van der Waals surface area contributed by atoms with Crippen molar-refractivity contribution in [2.24, 2.45) is 0 Å². The maximum absolute atomic E-state index is 11.8. The van der Waals surface area contributed by atoms with E-state index in [1.807, 2.05) is 12.1 Å². The summed E-state index contributed by atoms with van der Waals surface area (Å²) in [4.78, 5) is 31.0. The Morgan fingerprint density at radius 1 is 1.20 bits per heavy atom. The lowest BCUT2D eigenvalue weighted by Gasteiger charge is -2.38. The van der Waals surface area contributed by atoms with Crippen molar-refractivity contribution in [3.63, 3.8) is 0 Å². The molecule has 1 unspecified atom stereocenters. The third-order valence-electron chi connectivity index (χ3n) is 3.80. The first-order chi connectivity index (χ1) is 9.58. The van der Waals surface area contributed by atoms with Crippen LogP contribution in [0.15, 0.2) is 24.5 Å². The van der Waals surface area contributed by atoms with E-state index >= 15 is 0 Å². The largest absolute Gasteiger partial charge is 0.340 e. The third-order valence-corrected chi connectivity index (χ3v) is 3.80. The van der Waals surface area contributed by atoms with E-state index in [0.717, 1.165) is 13.1 Å². The van der Waals surface area contributed by atoms with Crippen molar-refractivity contribution < 1.29 is 9.59 Å². The summed E-state index contributed by atoms with van der Waals surface area (Å²) in [5, 5.41) is 0. The van der Waals surface area contributed by atoms with Gasteiger partial charge in [0.2, 0.25) is 5.91 Å². The predicted molar refractivity (Wildman–Crippen MR) is 76.1 cm³/mol. The molecule has 5 heteroatoms. The fourth-order valence-corrected chi connectivity index (χ4v) is 2.54. The van der Waals surface area contributed by atoms with Crippen LogP contribution in [0.3, 0.4) is 0 Å². The van der Waals surface area contributed by atoms with Gasteiger partial charge in [-0.2, -0.15) is 0 Å². The first-order valence-electron chi connectivity index (χ1n) is 6.99. The molecule has 0 saturated carbocycles. The van der Waals surface area contributed by atoms with Crippen LogP contribution in [0.25, 0.3) is 0 Å². The van der Waals surface area contributed by atoms with Crippen LogP contribution in [0.2, 0.25) is 0 Å². The highest BCUT2D eigenvalue weighted by atomic mass is 16.2. The van der Waals surface area contributed by atoms with Gasteiger partial charge in [0.25, 0.3) is 0 Å². The van der Waals surface area contributed by atoms with E-state index in [4.69, 9.17) is 0 Å². The van der Waals surface area contributed by atoms with Gasteiger partial charge in [0.15, 0.2) is 0 Å². The number of aromatic nitrogens is 1. The van der Waals surface area contributed by atoms with Gasteiger partial charge in [-0.1, -0.05) is 0 Å². The van der Waals surface area contributed by atoms with Crippen molar-refractivity contribution >= 4 is 11.7 Å². The van der Waals surface area contributed by atoms with E-state index < -0.39 is 0 Å². The average molecular weight is 275 g/mol. The Kier molecular flexibility index (Phi) is 4.84. The molecule has 0 bridgehead atoms. The highest BCUT2D eigenvalue weighted by Crippen LogP contribution is 2.20. The van der Waals surface area contributed by atoms with E-state index in [0.29, 0.717) is 19.1 Å². The minimum Gasteiger partial charge on any atom is -0.340 e. The topological polar surface area (TPSA) is 53.5 Å². The van der Waals surface area contributed by atoms with Crippen LogP contribution in [-0.2, 0) is 9.59 Å². The number of hydrogen-bond acceptors (Lipinski definition) is 4. The molecule has 1 saturated heterocycles. The van der Waals surface area contributed by atoms with Crippen LogP contribution in [0.1, 0.15) is 31.9 Å². The maximum Gasteiger partial charge on any atom is 0.230 e. The lowest BCUT2D eigenvalue weighted by atomic mass is 10.1. The third kappa shape index (κ3) is 3.63. The number of Topliss-reactive ketones (excluding diaryl/α,β-unsaturated/α-hetero) is 1. The van der Waals surface area contributed by atoms with Gasteiger partial charge in [-0.15, -0.1) is 0 Å². The molecule has 0 radical (unpaired) electrons. The van der Waals surface area contributed by atoms with E-state index in [9.17, 15) is 9.59 Å². The maximum atomic E-state index is 11.8. The molecule has 1 aliphatic heterocycles. The van der Waals surface area contributed by atoms with Crippen molar-refractivity contribution in [3.8, 4) is 0 Å². The Morgan fingerprint density at radius 3 is 2.35 bits per heavy atom. The molecule has 1 aliphatic rings. The lowest BCUT2D eigenvalue weighted by Crippen LogP contribution is -2.49. The molecule has 1 amide bonds. The predicted octanol–water partition coefficient (Wildman–Crippen LogP) is 1.27. The zero-order valence-electron chi connectivity index (χ0n) is 12.1. The summed E-state index contributed by atoms with van der Waals surface area (Å²) < 4.78 is 0. The van der Waals surface area contributed by atoms with Gasteiger partial charge in [-0.25, -0.2) is 0 Å². The Balaban J connectivity index is 1.88. The second-order valence-electron chi connectivity index (χ2n) is 5.25. The van der Waals surface area contributed by atoms with Crippen LogP contribution in [0, 0.1) is 0 Å². The van der Waals surface area contributed by atoms with Crippen molar-refractivity contribution in [1.82, 2.24) is 14.8 Å². The number of piperazine rings is 1. The monoisotopic (exact) mass is 275 g/mol. The van der Waals surface area contributed by atoms with Gasteiger partial charge < -0.3 is 4.90 Å². The summed E-state index contributed by atoms with van der Waals surface area (Å²) in [6.45, 7) is 6.70. The second-order valence-corrected chi connectivity index (χ2v) is 5.25. The quantitative estimate of drug-likeness (QED) is 0.776. The Bertz CT molecular complexity index is 467. The van der Waals surface area contributed by atoms with Gasteiger partial charge in [0.1, 0.15) is 5.78 Å². The molecule has 0 N–H and O–H groups in total. The van der Waals surface area contributed by atoms with Crippen molar-refractivity contribution in [2.75, 3.05) is 26.2 Å². The molecular weight excluding hydrogens is 254 g/mol. The number of rotatable bonds is 4. The van der Waals surface area contributed by atoms with Crippen LogP contribution >= 0.6 is 0 Å². The Morgan fingerprint density at radius 2 is 1.80 bits per heavy atom. The SMILES string of the molecule is CC(=O)CC(=O)N1CCN(C(C)c2ccncc2)CC1. The molecule has 1 atom stereocenters. The first kappa shape index (κ1) is 14.7. The molecule has 20 heavy (non-hydrogen) atoms. The van der Waals surface area contributed by atoms with Crippen LogP contribution in [0.4, 0.5) is 0 Å². The van der Waals surface area contributed by atoms with E-state index in [1.54, 1.807) is 17.3 Å². The standard InChI is InChI=1S/C15H21N3O2/c1-12(19)11-15(20)18-9-7-17(8-10-18)13(2)14-3-5-16-6-4-14/h3-6,13H,7-11H2,1-2H3. The van der Waals surface area contributed by atoms with Crippen molar-refractivity contribution in [1.29, 1.82) is 0 Å². The number of ketones is 1. The Hall–Kier alpha value is -1.75. The van der Waals surface area contributed by atoms with Gasteiger partial charge in [0.05, 0.1) is 6.42 Å². The van der Waals surface area contributed by atoms with E-state index in [1.165, 1.54) is 12.5 Å². The molecule has 1 aromatic heterocycles. The van der Waals surface area contributed by atoms with Crippen LogP contribution in [0.5, 0.6) is 0 Å². The van der Waals surface area contributed by atoms with Gasteiger partial charge >= 0.3 is 0 Å². The van der Waals surface area contributed by atoms with Crippen molar-refractivity contribution in [2.45, 2.75) is 26.3 Å². The van der Waals surface area contributed by atoms with Crippen LogP contribution < -0.4 is 0 Å². The molecule has 1 aromatic rings. The number of hydrogen-bond donors (Lipinski definition) is 0. The molecule has 2 heterocycles. The Labute approximate surface area is 119 Å². The van der Waals surface area contributed by atoms with Gasteiger partial charge in [0, 0.05) is 44.6 Å². The second kappa shape index (κ2) is 6.61. The molecule has 1 fully saturated rings. The molecule has 5 nitrogen and oxygen atoms in total. The minimum atomic E-state index is -0.0671. The number of carbonyl (C=O) groups is 2. The fraction of sp³-hybridized carbons (Fsp3) is 0.533. The summed E-state index contributed by atoms with van der Waals surface area (Å²) in [6, 6.07) is 4.37. The van der Waals surface area contributed by atoms with E-state index in [-0.39, 0.29) is 18.1 Å². The summed E-state index contributed by atoms with van der Waals surface area (Å²) in [7, 11) is 0.